The molecule has 6 nitrogen and oxygen atoms in total. The fraction of sp³-hybridized carbons (Fsp3) is 0.0952. The molecule has 2 heterocycles. The van der Waals surface area contributed by atoms with Gasteiger partial charge in [0.05, 0.1) is 17.9 Å². The van der Waals surface area contributed by atoms with Crippen LogP contribution in [0.15, 0.2) is 77.7 Å². The first-order valence-corrected chi connectivity index (χ1v) is 9.02. The van der Waals surface area contributed by atoms with Crippen LogP contribution in [-0.2, 0) is 12.7 Å². The molecule has 0 bridgehead atoms. The molecule has 9 heteroatoms. The summed E-state index contributed by atoms with van der Waals surface area (Å²) < 4.78 is 45.8. The largest absolute Gasteiger partial charge is 0.457 e. The van der Waals surface area contributed by atoms with Gasteiger partial charge in [-0.25, -0.2) is 0 Å². The zero-order chi connectivity index (χ0) is 21.1. The number of hydrogen-bond acceptors (Lipinski definition) is 3. The summed E-state index contributed by atoms with van der Waals surface area (Å²) in [7, 11) is 0. The van der Waals surface area contributed by atoms with Crippen molar-refractivity contribution < 1.29 is 17.9 Å². The van der Waals surface area contributed by atoms with E-state index in [1.807, 2.05) is 54.6 Å². The van der Waals surface area contributed by atoms with Gasteiger partial charge in [0.1, 0.15) is 17.2 Å². The average Bonchev–Trinajstić information content (AvgIpc) is 2.68. The molecule has 4 rings (SSSR count). The molecule has 2 aromatic carbocycles. The number of anilines is 1. The van der Waals surface area contributed by atoms with E-state index in [2.05, 4.69) is 10.4 Å². The highest BCUT2D eigenvalue weighted by Crippen LogP contribution is 2.28. The van der Waals surface area contributed by atoms with Gasteiger partial charge in [0.25, 0.3) is 0 Å². The van der Waals surface area contributed by atoms with Crippen LogP contribution in [0.3, 0.4) is 0 Å². The number of rotatable bonds is 6. The van der Waals surface area contributed by atoms with Gasteiger partial charge in [0.2, 0.25) is 5.56 Å². The van der Waals surface area contributed by atoms with E-state index < -0.39 is 17.4 Å². The Labute approximate surface area is 168 Å². The highest BCUT2D eigenvalue weighted by molar-refractivity contribution is 5.44. The normalized spacial score (nSPS) is 11.4. The molecule has 2 aromatic heterocycles. The third-order valence-electron chi connectivity index (χ3n) is 4.28. The van der Waals surface area contributed by atoms with Gasteiger partial charge in [-0.15, -0.1) is 0 Å². The van der Waals surface area contributed by atoms with Gasteiger partial charge in [-0.05, 0) is 42.5 Å². The van der Waals surface area contributed by atoms with Crippen LogP contribution in [-0.4, -0.2) is 14.8 Å². The molecular weight excluding hydrogens is 397 g/mol. The monoisotopic (exact) mass is 414 g/mol. The van der Waals surface area contributed by atoms with Crippen molar-refractivity contribution in [2.24, 2.45) is 0 Å². The Morgan fingerprint density at radius 1 is 0.967 bits per heavy atom. The second-order valence-corrected chi connectivity index (χ2v) is 6.54. The van der Waals surface area contributed by atoms with Crippen LogP contribution < -0.4 is 15.6 Å². The number of hydrogen-bond donors (Lipinski definition) is 3. The second kappa shape index (κ2) is 7.86. The number of pyridine rings is 1. The van der Waals surface area contributed by atoms with Crippen molar-refractivity contribution >= 4 is 5.69 Å². The average molecular weight is 414 g/mol. The van der Waals surface area contributed by atoms with Gasteiger partial charge < -0.3 is 15.0 Å². The van der Waals surface area contributed by atoms with Crippen LogP contribution in [0.1, 0.15) is 11.4 Å². The van der Waals surface area contributed by atoms with E-state index in [0.29, 0.717) is 5.75 Å². The highest BCUT2D eigenvalue weighted by atomic mass is 19.4. The summed E-state index contributed by atoms with van der Waals surface area (Å²) >= 11 is 0. The van der Waals surface area contributed by atoms with Crippen LogP contribution in [0, 0.1) is 0 Å². The maximum absolute atomic E-state index is 12.8. The SMILES string of the molecule is O=c1cc(NCc2cn(-c3ccc(Oc4ccccc4)cc3)[nH]2)cc(C(F)(F)F)[nH]1. The van der Waals surface area contributed by atoms with Gasteiger partial charge in [-0.3, -0.25) is 14.6 Å². The van der Waals surface area contributed by atoms with Crippen LogP contribution >= 0.6 is 0 Å². The molecule has 0 atom stereocenters. The van der Waals surface area contributed by atoms with E-state index in [0.717, 1.165) is 29.3 Å². The number of aromatic amines is 2. The molecule has 0 aliphatic carbocycles. The number of benzene rings is 2. The van der Waals surface area contributed by atoms with E-state index in [9.17, 15) is 18.0 Å². The zero-order valence-corrected chi connectivity index (χ0v) is 15.5. The van der Waals surface area contributed by atoms with Crippen LogP contribution in [0.5, 0.6) is 11.5 Å². The van der Waals surface area contributed by atoms with Crippen molar-refractivity contribution in [1.29, 1.82) is 0 Å². The predicted octanol–water partition coefficient (Wildman–Crippen LogP) is 4.92. The Balaban J connectivity index is 1.37. The third-order valence-corrected chi connectivity index (χ3v) is 4.28. The van der Waals surface area contributed by atoms with Crippen molar-refractivity contribution in [3.8, 4) is 17.2 Å². The summed E-state index contributed by atoms with van der Waals surface area (Å²) in [5.41, 5.74) is -0.187. The molecule has 0 amide bonds. The maximum Gasteiger partial charge on any atom is 0.431 e. The Morgan fingerprint density at radius 3 is 2.30 bits per heavy atom. The van der Waals surface area contributed by atoms with E-state index in [-0.39, 0.29) is 12.2 Å². The summed E-state index contributed by atoms with van der Waals surface area (Å²) in [5, 5.41) is 5.89. The molecule has 154 valence electrons. The summed E-state index contributed by atoms with van der Waals surface area (Å²) in [4.78, 5) is 13.2. The lowest BCUT2D eigenvalue weighted by atomic mass is 10.2. The number of nitrogens with zero attached hydrogens (tertiary/aromatic N) is 1. The summed E-state index contributed by atoms with van der Waals surface area (Å²) in [6, 6.07) is 18.8. The minimum Gasteiger partial charge on any atom is -0.457 e. The van der Waals surface area contributed by atoms with Crippen molar-refractivity contribution in [1.82, 2.24) is 14.8 Å². The summed E-state index contributed by atoms with van der Waals surface area (Å²) in [5.74, 6) is 1.44. The second-order valence-electron chi connectivity index (χ2n) is 6.54. The number of ether oxygens (including phenoxy) is 1. The minimum atomic E-state index is -4.61. The molecule has 0 spiro atoms. The number of H-pyrrole nitrogens is 2. The molecule has 0 aliphatic rings. The Hall–Kier alpha value is -3.88. The quantitative estimate of drug-likeness (QED) is 0.419. The Morgan fingerprint density at radius 2 is 1.63 bits per heavy atom. The molecular formula is C21H17F3N4O2. The third kappa shape index (κ3) is 4.57. The van der Waals surface area contributed by atoms with Gasteiger partial charge in [-0.2, -0.15) is 13.2 Å². The van der Waals surface area contributed by atoms with Gasteiger partial charge in [-0.1, -0.05) is 18.2 Å². The molecule has 0 aliphatic heterocycles. The van der Waals surface area contributed by atoms with Gasteiger partial charge in [0.15, 0.2) is 0 Å². The topological polar surface area (TPSA) is 74.8 Å². The van der Waals surface area contributed by atoms with E-state index in [1.165, 1.54) is 0 Å². The maximum atomic E-state index is 12.8. The highest BCUT2D eigenvalue weighted by Gasteiger charge is 2.32. The van der Waals surface area contributed by atoms with Gasteiger partial charge in [0, 0.05) is 18.0 Å². The number of aromatic nitrogens is 3. The van der Waals surface area contributed by atoms with Crippen LogP contribution in [0.2, 0.25) is 0 Å². The fourth-order valence-electron chi connectivity index (χ4n) is 2.82. The van der Waals surface area contributed by atoms with E-state index in [1.54, 1.807) is 15.9 Å². The molecule has 0 unspecified atom stereocenters. The molecule has 0 fully saturated rings. The van der Waals surface area contributed by atoms with E-state index in [4.69, 9.17) is 4.74 Å². The van der Waals surface area contributed by atoms with E-state index >= 15 is 0 Å². The predicted molar refractivity (Wildman–Crippen MR) is 106 cm³/mol. The number of nitrogens with one attached hydrogen (secondary N) is 3. The first-order valence-electron chi connectivity index (χ1n) is 9.02. The fourth-order valence-corrected chi connectivity index (χ4v) is 2.82. The van der Waals surface area contributed by atoms with Crippen LogP contribution in [0.25, 0.3) is 5.69 Å². The molecule has 3 N–H and O–H groups in total. The minimum absolute atomic E-state index is 0.0923. The first kappa shape index (κ1) is 19.4. The standard InChI is InChI=1S/C21H17F3N4O2/c22-21(23,24)19-10-14(11-20(29)26-19)25-12-15-13-28(27-15)16-6-8-18(9-7-16)30-17-4-2-1-3-5-17/h1-11,13,27H,12H2,(H2,25,26,29). The zero-order valence-electron chi connectivity index (χ0n) is 15.5. The van der Waals surface area contributed by atoms with Crippen molar-refractivity contribution in [3.63, 3.8) is 0 Å². The van der Waals surface area contributed by atoms with Gasteiger partial charge >= 0.3 is 6.18 Å². The summed E-state index contributed by atoms with van der Waals surface area (Å²) in [6.07, 6.45) is -2.81. The lowest BCUT2D eigenvalue weighted by Gasteiger charge is -2.17. The molecule has 0 saturated heterocycles. The van der Waals surface area contributed by atoms with Crippen molar-refractivity contribution in [3.05, 3.63) is 94.7 Å². The lowest BCUT2D eigenvalue weighted by molar-refractivity contribution is -0.141. The molecule has 0 radical (unpaired) electrons. The first-order chi connectivity index (χ1) is 14.4. The number of alkyl halides is 3. The summed E-state index contributed by atoms with van der Waals surface area (Å²) in [6.45, 7) is 0.243. The van der Waals surface area contributed by atoms with Crippen LogP contribution in [0.4, 0.5) is 18.9 Å². The number of halogens is 3. The molecule has 4 aromatic rings. The smallest absolute Gasteiger partial charge is 0.431 e. The van der Waals surface area contributed by atoms with Crippen molar-refractivity contribution in [2.75, 3.05) is 5.32 Å². The van der Waals surface area contributed by atoms with Crippen molar-refractivity contribution in [2.45, 2.75) is 12.7 Å². The number of para-hydroxylation sites is 1. The molecule has 0 saturated carbocycles. The Kier molecular flexibility index (Phi) is 5.09. The molecule has 30 heavy (non-hydrogen) atoms. The lowest BCUT2D eigenvalue weighted by Crippen LogP contribution is -2.18. The Bertz CT molecular complexity index is 1160.